The Morgan fingerprint density at radius 1 is 0.759 bits per heavy atom. The molecule has 0 aliphatic heterocycles. The molecule has 0 saturated heterocycles. The van der Waals surface area contributed by atoms with Gasteiger partial charge in [0.05, 0.1) is 11.6 Å². The smallest absolute Gasteiger partial charge is 0.242 e. The molecule has 1 aliphatic carbocycles. The van der Waals surface area contributed by atoms with Crippen molar-refractivity contribution in [3.63, 3.8) is 0 Å². The summed E-state index contributed by atoms with van der Waals surface area (Å²) in [5.41, 5.74) is 11.4. The zero-order chi connectivity index (χ0) is 20.3. The number of hydrazine groups is 1. The van der Waals surface area contributed by atoms with Gasteiger partial charge in [0.2, 0.25) is 5.91 Å². The lowest BCUT2D eigenvalue weighted by molar-refractivity contribution is -0.123. The van der Waals surface area contributed by atoms with Crippen LogP contribution in [-0.4, -0.2) is 5.91 Å². The Bertz CT molecular complexity index is 967. The normalized spacial score (nSPS) is 16.6. The Hall–Kier alpha value is -3.33. The van der Waals surface area contributed by atoms with Gasteiger partial charge in [-0.05, 0) is 37.0 Å². The van der Waals surface area contributed by atoms with Gasteiger partial charge in [0.25, 0.3) is 0 Å². The molecule has 1 fully saturated rings. The first-order valence-corrected chi connectivity index (χ1v) is 10.0. The van der Waals surface area contributed by atoms with Crippen molar-refractivity contribution in [1.29, 1.82) is 0 Å². The summed E-state index contributed by atoms with van der Waals surface area (Å²) in [5.74, 6) is -0.0821. The predicted octanol–water partition coefficient (Wildman–Crippen LogP) is 5.06. The van der Waals surface area contributed by atoms with Gasteiger partial charge in [0, 0.05) is 5.41 Å². The molecule has 3 aromatic carbocycles. The van der Waals surface area contributed by atoms with E-state index in [0.717, 1.165) is 23.3 Å². The standard InChI is InChI=1S/C26H26N2O/c1-19(2)24(20-12-6-3-7-13-20)27-28-25(29)23-18-26(23,21-14-8-4-9-15-21)22-16-10-5-11-17-22/h3-17,23,27H,18H2,1-2H3,(H,28,29)/t23-/m0/s1. The molecule has 2 N–H and O–H groups in total. The second kappa shape index (κ2) is 7.96. The van der Waals surface area contributed by atoms with Gasteiger partial charge in [0.15, 0.2) is 0 Å². The van der Waals surface area contributed by atoms with E-state index in [9.17, 15) is 4.79 Å². The summed E-state index contributed by atoms with van der Waals surface area (Å²) in [5, 5.41) is 0. The maximum absolute atomic E-state index is 13.1. The fourth-order valence-electron chi connectivity index (χ4n) is 4.16. The average Bonchev–Trinajstić information content (AvgIpc) is 3.53. The lowest BCUT2D eigenvalue weighted by Gasteiger charge is -2.20. The fourth-order valence-corrected chi connectivity index (χ4v) is 4.16. The van der Waals surface area contributed by atoms with Gasteiger partial charge in [-0.25, -0.2) is 0 Å². The van der Waals surface area contributed by atoms with Crippen molar-refractivity contribution in [3.8, 4) is 0 Å². The van der Waals surface area contributed by atoms with Crippen molar-refractivity contribution < 1.29 is 4.79 Å². The van der Waals surface area contributed by atoms with Crippen LogP contribution in [0.5, 0.6) is 0 Å². The van der Waals surface area contributed by atoms with E-state index in [1.807, 2.05) is 80.6 Å². The summed E-state index contributed by atoms with van der Waals surface area (Å²) in [6.07, 6.45) is 0.810. The molecule has 0 bridgehead atoms. The molecule has 1 amide bonds. The van der Waals surface area contributed by atoms with Gasteiger partial charge >= 0.3 is 0 Å². The first-order chi connectivity index (χ1) is 14.1. The van der Waals surface area contributed by atoms with Crippen molar-refractivity contribution in [2.75, 3.05) is 0 Å². The first-order valence-electron chi connectivity index (χ1n) is 10.0. The van der Waals surface area contributed by atoms with E-state index in [2.05, 4.69) is 35.1 Å². The van der Waals surface area contributed by atoms with Crippen LogP contribution in [0.2, 0.25) is 0 Å². The van der Waals surface area contributed by atoms with Crippen molar-refractivity contribution in [2.24, 2.45) is 5.92 Å². The molecule has 3 nitrogen and oxygen atoms in total. The van der Waals surface area contributed by atoms with E-state index in [-0.39, 0.29) is 17.2 Å². The van der Waals surface area contributed by atoms with E-state index in [1.165, 1.54) is 11.1 Å². The number of allylic oxidation sites excluding steroid dienone is 1. The molecular weight excluding hydrogens is 356 g/mol. The van der Waals surface area contributed by atoms with Crippen LogP contribution in [-0.2, 0) is 10.2 Å². The van der Waals surface area contributed by atoms with Crippen molar-refractivity contribution >= 4 is 11.6 Å². The molecule has 0 radical (unpaired) electrons. The molecule has 146 valence electrons. The van der Waals surface area contributed by atoms with Crippen LogP contribution in [0, 0.1) is 5.92 Å². The van der Waals surface area contributed by atoms with Crippen LogP contribution < -0.4 is 10.9 Å². The third-order valence-electron chi connectivity index (χ3n) is 5.73. The van der Waals surface area contributed by atoms with Crippen LogP contribution in [0.15, 0.2) is 96.6 Å². The minimum Gasteiger partial charge on any atom is -0.298 e. The summed E-state index contributed by atoms with van der Waals surface area (Å²) < 4.78 is 0. The monoisotopic (exact) mass is 382 g/mol. The maximum Gasteiger partial charge on any atom is 0.242 e. The SMILES string of the molecule is CC(C)=C(NNC(=O)[C@@H]1CC1(c1ccccc1)c1ccccc1)c1ccccc1. The molecule has 0 spiro atoms. The highest BCUT2D eigenvalue weighted by Crippen LogP contribution is 2.58. The number of carbonyl (C=O) groups excluding carboxylic acids is 1. The van der Waals surface area contributed by atoms with Crippen LogP contribution in [0.3, 0.4) is 0 Å². The van der Waals surface area contributed by atoms with Gasteiger partial charge in [-0.2, -0.15) is 0 Å². The van der Waals surface area contributed by atoms with Gasteiger partial charge in [-0.15, -0.1) is 0 Å². The van der Waals surface area contributed by atoms with Crippen molar-refractivity contribution in [2.45, 2.75) is 25.7 Å². The summed E-state index contributed by atoms with van der Waals surface area (Å²) in [6, 6.07) is 30.8. The zero-order valence-corrected chi connectivity index (χ0v) is 16.9. The number of benzene rings is 3. The number of nitrogens with one attached hydrogen (secondary N) is 2. The van der Waals surface area contributed by atoms with Gasteiger partial charge in [0.1, 0.15) is 0 Å². The second-order valence-electron chi connectivity index (χ2n) is 7.82. The largest absolute Gasteiger partial charge is 0.298 e. The van der Waals surface area contributed by atoms with Crippen molar-refractivity contribution in [1.82, 2.24) is 10.9 Å². The number of rotatable bonds is 6. The number of hydrogen-bond acceptors (Lipinski definition) is 2. The Morgan fingerprint density at radius 3 is 1.72 bits per heavy atom. The van der Waals surface area contributed by atoms with Gasteiger partial charge in [-0.1, -0.05) is 96.6 Å². The van der Waals surface area contributed by atoms with Gasteiger partial charge in [-0.3, -0.25) is 15.6 Å². The molecule has 1 aliphatic rings. The minimum atomic E-state index is -0.258. The van der Waals surface area contributed by atoms with E-state index in [0.29, 0.717) is 0 Å². The van der Waals surface area contributed by atoms with Crippen LogP contribution in [0.4, 0.5) is 0 Å². The number of hydrogen-bond donors (Lipinski definition) is 2. The Morgan fingerprint density at radius 2 is 1.24 bits per heavy atom. The quantitative estimate of drug-likeness (QED) is 0.585. The molecule has 0 unspecified atom stereocenters. The van der Waals surface area contributed by atoms with E-state index in [4.69, 9.17) is 0 Å². The molecule has 3 aromatic rings. The lowest BCUT2D eigenvalue weighted by atomic mass is 9.85. The van der Waals surface area contributed by atoms with Crippen LogP contribution in [0.25, 0.3) is 5.70 Å². The molecule has 1 atom stereocenters. The second-order valence-corrected chi connectivity index (χ2v) is 7.82. The third-order valence-corrected chi connectivity index (χ3v) is 5.73. The highest BCUT2D eigenvalue weighted by molar-refractivity contribution is 5.86. The molecule has 4 rings (SSSR count). The highest BCUT2D eigenvalue weighted by Gasteiger charge is 2.60. The molecule has 0 heterocycles. The van der Waals surface area contributed by atoms with Gasteiger partial charge < -0.3 is 0 Å². The summed E-state index contributed by atoms with van der Waals surface area (Å²) in [4.78, 5) is 13.1. The average molecular weight is 383 g/mol. The lowest BCUT2D eigenvalue weighted by Crippen LogP contribution is -2.39. The summed E-state index contributed by atoms with van der Waals surface area (Å²) in [6.45, 7) is 4.08. The van der Waals surface area contributed by atoms with Crippen molar-refractivity contribution in [3.05, 3.63) is 113 Å². The maximum atomic E-state index is 13.1. The zero-order valence-electron chi connectivity index (χ0n) is 16.9. The summed E-state index contributed by atoms with van der Waals surface area (Å²) in [7, 11) is 0. The molecule has 3 heteroatoms. The molecule has 0 aromatic heterocycles. The Balaban J connectivity index is 1.56. The predicted molar refractivity (Wildman–Crippen MR) is 118 cm³/mol. The third kappa shape index (κ3) is 3.68. The van der Waals surface area contributed by atoms with Crippen LogP contribution >= 0.6 is 0 Å². The van der Waals surface area contributed by atoms with E-state index < -0.39 is 0 Å². The summed E-state index contributed by atoms with van der Waals surface area (Å²) >= 11 is 0. The highest BCUT2D eigenvalue weighted by atomic mass is 16.2. The topological polar surface area (TPSA) is 41.1 Å². The molecule has 29 heavy (non-hydrogen) atoms. The molecular formula is C26H26N2O. The van der Waals surface area contributed by atoms with E-state index >= 15 is 0 Å². The molecule has 1 saturated carbocycles. The van der Waals surface area contributed by atoms with Crippen LogP contribution in [0.1, 0.15) is 37.0 Å². The van der Waals surface area contributed by atoms with E-state index in [1.54, 1.807) is 0 Å². The Labute approximate surface area is 172 Å². The fraction of sp³-hybridized carbons (Fsp3) is 0.192. The number of carbonyl (C=O) groups is 1. The first kappa shape index (κ1) is 19.0. The number of amides is 1. The minimum absolute atomic E-state index is 0.0207. The Kier molecular flexibility index (Phi) is 5.22.